The molecule has 1 N–H and O–H groups in total. The van der Waals surface area contributed by atoms with Gasteiger partial charge in [-0.25, -0.2) is 9.37 Å². The molecule has 1 heterocycles. The zero-order valence-corrected chi connectivity index (χ0v) is 18.3. The van der Waals surface area contributed by atoms with E-state index in [9.17, 15) is 9.18 Å². The van der Waals surface area contributed by atoms with Gasteiger partial charge in [-0.15, -0.1) is 11.3 Å². The second kappa shape index (κ2) is 9.47. The second-order valence-electron chi connectivity index (χ2n) is 6.54. The SMILES string of the molecule is O=C(Nc1ccccc1F)c1csc(-c2cccc(OCc3ccc(Cl)c(Cl)c3)c2)n1. The van der Waals surface area contributed by atoms with E-state index in [2.05, 4.69) is 10.3 Å². The van der Waals surface area contributed by atoms with E-state index < -0.39 is 11.7 Å². The van der Waals surface area contributed by atoms with Crippen LogP contribution in [0.3, 0.4) is 0 Å². The van der Waals surface area contributed by atoms with Crippen molar-refractivity contribution in [3.05, 3.63) is 99.2 Å². The maximum absolute atomic E-state index is 13.8. The molecule has 156 valence electrons. The molecule has 4 aromatic rings. The zero-order chi connectivity index (χ0) is 21.8. The van der Waals surface area contributed by atoms with Crippen molar-refractivity contribution >= 4 is 46.1 Å². The lowest BCUT2D eigenvalue weighted by Crippen LogP contribution is -2.13. The molecule has 0 radical (unpaired) electrons. The lowest BCUT2D eigenvalue weighted by atomic mass is 10.2. The van der Waals surface area contributed by atoms with Gasteiger partial charge in [0.2, 0.25) is 0 Å². The molecule has 0 unspecified atom stereocenters. The number of carbonyl (C=O) groups is 1. The summed E-state index contributed by atoms with van der Waals surface area (Å²) < 4.78 is 19.6. The molecule has 0 aliphatic carbocycles. The largest absolute Gasteiger partial charge is 0.489 e. The summed E-state index contributed by atoms with van der Waals surface area (Å²) in [6, 6.07) is 18.7. The van der Waals surface area contributed by atoms with Crippen LogP contribution in [-0.4, -0.2) is 10.9 Å². The molecule has 3 aromatic carbocycles. The predicted octanol–water partition coefficient (Wildman–Crippen LogP) is 7.09. The van der Waals surface area contributed by atoms with Gasteiger partial charge < -0.3 is 10.1 Å². The number of anilines is 1. The van der Waals surface area contributed by atoms with Crippen LogP contribution >= 0.6 is 34.5 Å². The summed E-state index contributed by atoms with van der Waals surface area (Å²) >= 11 is 13.3. The topological polar surface area (TPSA) is 51.2 Å². The third-order valence-corrected chi connectivity index (χ3v) is 5.96. The smallest absolute Gasteiger partial charge is 0.275 e. The van der Waals surface area contributed by atoms with Crippen molar-refractivity contribution in [2.75, 3.05) is 5.32 Å². The van der Waals surface area contributed by atoms with E-state index in [4.69, 9.17) is 27.9 Å². The zero-order valence-electron chi connectivity index (χ0n) is 15.9. The molecule has 0 spiro atoms. The number of hydrogen-bond acceptors (Lipinski definition) is 4. The summed E-state index contributed by atoms with van der Waals surface area (Å²) in [7, 11) is 0. The van der Waals surface area contributed by atoms with Crippen LogP contribution < -0.4 is 10.1 Å². The number of benzene rings is 3. The van der Waals surface area contributed by atoms with Crippen molar-refractivity contribution in [2.45, 2.75) is 6.61 Å². The van der Waals surface area contributed by atoms with Gasteiger partial charge >= 0.3 is 0 Å². The van der Waals surface area contributed by atoms with Gasteiger partial charge in [-0.2, -0.15) is 0 Å². The Labute approximate surface area is 192 Å². The fourth-order valence-electron chi connectivity index (χ4n) is 2.77. The molecule has 0 saturated heterocycles. The number of halogens is 3. The average Bonchev–Trinajstić information content (AvgIpc) is 3.27. The Bertz CT molecular complexity index is 1250. The molecule has 4 nitrogen and oxygen atoms in total. The lowest BCUT2D eigenvalue weighted by Gasteiger charge is -2.08. The van der Waals surface area contributed by atoms with Gasteiger partial charge in [0, 0.05) is 10.9 Å². The molecule has 31 heavy (non-hydrogen) atoms. The molecule has 1 aromatic heterocycles. The van der Waals surface area contributed by atoms with Crippen LogP contribution in [0.1, 0.15) is 16.1 Å². The summed E-state index contributed by atoms with van der Waals surface area (Å²) in [5.74, 6) is -0.325. The van der Waals surface area contributed by atoms with Gasteiger partial charge in [0.15, 0.2) is 0 Å². The van der Waals surface area contributed by atoms with E-state index in [-0.39, 0.29) is 11.4 Å². The number of nitrogens with zero attached hydrogens (tertiary/aromatic N) is 1. The van der Waals surface area contributed by atoms with Gasteiger partial charge in [0.1, 0.15) is 28.9 Å². The summed E-state index contributed by atoms with van der Waals surface area (Å²) in [6.45, 7) is 0.328. The number of thiazole rings is 1. The van der Waals surface area contributed by atoms with Crippen molar-refractivity contribution < 1.29 is 13.9 Å². The second-order valence-corrected chi connectivity index (χ2v) is 8.21. The molecule has 0 atom stereocenters. The highest BCUT2D eigenvalue weighted by atomic mass is 35.5. The minimum absolute atomic E-state index is 0.111. The molecule has 0 aliphatic rings. The van der Waals surface area contributed by atoms with Crippen LogP contribution in [0.5, 0.6) is 5.75 Å². The number of amides is 1. The normalized spacial score (nSPS) is 10.7. The first kappa shape index (κ1) is 21.3. The van der Waals surface area contributed by atoms with Gasteiger partial charge in [0.05, 0.1) is 15.7 Å². The fourth-order valence-corrected chi connectivity index (χ4v) is 3.89. The van der Waals surface area contributed by atoms with Crippen molar-refractivity contribution in [1.29, 1.82) is 0 Å². The van der Waals surface area contributed by atoms with Crippen molar-refractivity contribution in [3.8, 4) is 16.3 Å². The van der Waals surface area contributed by atoms with Crippen LogP contribution in [0.4, 0.5) is 10.1 Å². The lowest BCUT2D eigenvalue weighted by molar-refractivity contribution is 0.102. The first-order valence-electron chi connectivity index (χ1n) is 9.18. The summed E-state index contributed by atoms with van der Waals surface area (Å²) in [4.78, 5) is 16.8. The van der Waals surface area contributed by atoms with Crippen LogP contribution in [0, 0.1) is 5.82 Å². The number of rotatable bonds is 6. The van der Waals surface area contributed by atoms with E-state index in [1.165, 1.54) is 23.5 Å². The number of carbonyl (C=O) groups excluding carboxylic acids is 1. The molecule has 1 amide bonds. The molecule has 0 bridgehead atoms. The Balaban J connectivity index is 1.45. The van der Waals surface area contributed by atoms with E-state index in [0.717, 1.165) is 11.1 Å². The summed E-state index contributed by atoms with van der Waals surface area (Å²) in [5.41, 5.74) is 2.02. The minimum atomic E-state index is -0.502. The third kappa shape index (κ3) is 5.22. The van der Waals surface area contributed by atoms with E-state index in [1.54, 1.807) is 29.6 Å². The van der Waals surface area contributed by atoms with Crippen LogP contribution in [0.2, 0.25) is 10.0 Å². The predicted molar refractivity (Wildman–Crippen MR) is 123 cm³/mol. The quantitative estimate of drug-likeness (QED) is 0.325. The van der Waals surface area contributed by atoms with Gasteiger partial charge in [-0.05, 0) is 42.0 Å². The monoisotopic (exact) mass is 472 g/mol. The maximum Gasteiger partial charge on any atom is 0.275 e. The van der Waals surface area contributed by atoms with E-state index in [0.29, 0.717) is 27.4 Å². The van der Waals surface area contributed by atoms with Crippen LogP contribution in [-0.2, 0) is 6.61 Å². The Morgan fingerprint density at radius 2 is 1.87 bits per heavy atom. The standard InChI is InChI=1S/C23H15Cl2FN2O2S/c24-17-9-8-14(10-18(17)25)12-30-16-5-3-4-15(11-16)23-28-21(13-31-23)22(29)27-20-7-2-1-6-19(20)26/h1-11,13H,12H2,(H,27,29). The summed E-state index contributed by atoms with van der Waals surface area (Å²) in [6.07, 6.45) is 0. The highest BCUT2D eigenvalue weighted by molar-refractivity contribution is 7.13. The molecule has 0 saturated carbocycles. The first-order valence-corrected chi connectivity index (χ1v) is 10.8. The summed E-state index contributed by atoms with van der Waals surface area (Å²) in [5, 5.41) is 5.78. The van der Waals surface area contributed by atoms with Crippen molar-refractivity contribution in [2.24, 2.45) is 0 Å². The maximum atomic E-state index is 13.8. The average molecular weight is 473 g/mol. The van der Waals surface area contributed by atoms with E-state index in [1.807, 2.05) is 30.3 Å². The number of aromatic nitrogens is 1. The number of para-hydroxylation sites is 1. The van der Waals surface area contributed by atoms with Crippen molar-refractivity contribution in [3.63, 3.8) is 0 Å². The highest BCUT2D eigenvalue weighted by Gasteiger charge is 2.14. The fraction of sp³-hybridized carbons (Fsp3) is 0.0435. The number of ether oxygens (including phenoxy) is 1. The Morgan fingerprint density at radius 3 is 2.68 bits per heavy atom. The number of nitrogens with one attached hydrogen (secondary N) is 1. The first-order chi connectivity index (χ1) is 15.0. The number of hydrogen-bond donors (Lipinski definition) is 1. The molecule has 0 aliphatic heterocycles. The highest BCUT2D eigenvalue weighted by Crippen LogP contribution is 2.28. The van der Waals surface area contributed by atoms with Gasteiger partial charge in [0.25, 0.3) is 5.91 Å². The Kier molecular flexibility index (Phi) is 6.51. The molecule has 8 heteroatoms. The minimum Gasteiger partial charge on any atom is -0.489 e. The Hall–Kier alpha value is -2.93. The van der Waals surface area contributed by atoms with Crippen LogP contribution in [0.15, 0.2) is 72.1 Å². The molecular formula is C23H15Cl2FN2O2S. The van der Waals surface area contributed by atoms with Gasteiger partial charge in [-0.1, -0.05) is 53.5 Å². The molecular weight excluding hydrogens is 458 g/mol. The molecule has 0 fully saturated rings. The molecule has 4 rings (SSSR count). The van der Waals surface area contributed by atoms with Gasteiger partial charge in [-0.3, -0.25) is 4.79 Å². The third-order valence-electron chi connectivity index (χ3n) is 4.33. The van der Waals surface area contributed by atoms with Crippen molar-refractivity contribution in [1.82, 2.24) is 4.98 Å². The van der Waals surface area contributed by atoms with E-state index >= 15 is 0 Å². The Morgan fingerprint density at radius 1 is 1.03 bits per heavy atom. The van der Waals surface area contributed by atoms with Crippen LogP contribution in [0.25, 0.3) is 10.6 Å².